The summed E-state index contributed by atoms with van der Waals surface area (Å²) in [5.74, 6) is -0.141. The summed E-state index contributed by atoms with van der Waals surface area (Å²) in [4.78, 5) is 28.5. The lowest BCUT2D eigenvalue weighted by atomic mass is 9.90. The second-order valence-electron chi connectivity index (χ2n) is 6.47. The molecule has 0 unspecified atom stereocenters. The van der Waals surface area contributed by atoms with E-state index >= 15 is 0 Å². The Hall–Kier alpha value is -2.04. The van der Waals surface area contributed by atoms with Gasteiger partial charge in [-0.3, -0.25) is 9.59 Å². The molecule has 1 aliphatic heterocycles. The molecule has 1 aromatic rings. The van der Waals surface area contributed by atoms with E-state index < -0.39 is 5.41 Å². The third kappa shape index (κ3) is 2.48. The van der Waals surface area contributed by atoms with Gasteiger partial charge >= 0.3 is 0 Å². The smallest absolute Gasteiger partial charge is 0.242 e. The molecule has 0 radical (unpaired) electrons. The summed E-state index contributed by atoms with van der Waals surface area (Å²) in [5, 5.41) is 9.71. The number of rotatable bonds is 2. The van der Waals surface area contributed by atoms with Crippen LogP contribution in [0.5, 0.6) is 5.75 Å². The number of anilines is 2. The normalized spacial score (nSPS) is 18.0. The Kier molecular flexibility index (Phi) is 3.70. The number of amides is 2. The maximum Gasteiger partial charge on any atom is 0.242 e. The van der Waals surface area contributed by atoms with Gasteiger partial charge in [-0.25, -0.2) is 0 Å². The molecule has 2 rings (SSSR count). The van der Waals surface area contributed by atoms with Gasteiger partial charge in [0, 0.05) is 19.7 Å². The quantitative estimate of drug-likeness (QED) is 0.851. The molecule has 5 nitrogen and oxygen atoms in total. The molecule has 0 fully saturated rings. The minimum absolute atomic E-state index is 0.0741. The first-order valence-electron chi connectivity index (χ1n) is 7.09. The lowest BCUT2D eigenvalue weighted by molar-refractivity contribution is -0.137. The average Bonchev–Trinajstić information content (AvgIpc) is 2.45. The zero-order chi connectivity index (χ0) is 15.9. The van der Waals surface area contributed by atoms with E-state index in [1.165, 1.54) is 17.0 Å². The molecule has 0 saturated carbocycles. The van der Waals surface area contributed by atoms with Crippen molar-refractivity contribution >= 4 is 23.2 Å². The highest BCUT2D eigenvalue weighted by molar-refractivity contribution is 6.20. The van der Waals surface area contributed by atoms with Crippen LogP contribution in [-0.2, 0) is 9.59 Å². The minimum Gasteiger partial charge on any atom is -0.508 e. The number of aromatic hydroxyl groups is 1. The molecule has 2 amide bonds. The second-order valence-corrected chi connectivity index (χ2v) is 6.47. The van der Waals surface area contributed by atoms with Crippen LogP contribution in [-0.4, -0.2) is 30.5 Å². The molecule has 0 spiro atoms. The number of carbonyl (C=O) groups is 2. The third-order valence-electron chi connectivity index (χ3n) is 3.78. The molecule has 0 atom stereocenters. The summed E-state index contributed by atoms with van der Waals surface area (Å²) < 4.78 is 0. The van der Waals surface area contributed by atoms with E-state index in [-0.39, 0.29) is 23.5 Å². The Labute approximate surface area is 125 Å². The molecule has 5 heteroatoms. The molecule has 0 saturated heterocycles. The predicted octanol–water partition coefficient (Wildman–Crippen LogP) is 2.38. The first-order chi connectivity index (χ1) is 9.66. The van der Waals surface area contributed by atoms with Gasteiger partial charge in [-0.1, -0.05) is 13.8 Å². The number of hydrogen-bond acceptors (Lipinski definition) is 3. The van der Waals surface area contributed by atoms with Gasteiger partial charge in [-0.05, 0) is 31.9 Å². The minimum atomic E-state index is -1.13. The number of nitrogens with zero attached hydrogens (tertiary/aromatic N) is 2. The van der Waals surface area contributed by atoms with Crippen molar-refractivity contribution in [1.82, 2.24) is 0 Å². The number of phenols is 1. The largest absolute Gasteiger partial charge is 0.508 e. The van der Waals surface area contributed by atoms with Crippen molar-refractivity contribution in [3.8, 4) is 5.75 Å². The molecule has 0 aliphatic carbocycles. The molecule has 1 aromatic carbocycles. The van der Waals surface area contributed by atoms with Crippen molar-refractivity contribution in [3.63, 3.8) is 0 Å². The molecular formula is C16H22N2O3. The first-order valence-corrected chi connectivity index (χ1v) is 7.09. The van der Waals surface area contributed by atoms with Gasteiger partial charge < -0.3 is 14.9 Å². The fourth-order valence-corrected chi connectivity index (χ4v) is 2.62. The fraction of sp³-hybridized carbons (Fsp3) is 0.500. The highest BCUT2D eigenvalue weighted by atomic mass is 16.3. The highest BCUT2D eigenvalue weighted by Crippen LogP contribution is 2.40. The van der Waals surface area contributed by atoms with Gasteiger partial charge in [0.25, 0.3) is 0 Å². The van der Waals surface area contributed by atoms with Crippen LogP contribution in [0.1, 0.15) is 27.7 Å². The topological polar surface area (TPSA) is 60.9 Å². The molecule has 0 aromatic heterocycles. The van der Waals surface area contributed by atoms with Gasteiger partial charge in [-0.15, -0.1) is 0 Å². The van der Waals surface area contributed by atoms with Gasteiger partial charge in [0.1, 0.15) is 11.2 Å². The second kappa shape index (κ2) is 5.06. The van der Waals surface area contributed by atoms with Crippen molar-refractivity contribution in [2.45, 2.75) is 27.7 Å². The first kappa shape index (κ1) is 15.4. The fourth-order valence-electron chi connectivity index (χ4n) is 2.62. The Bertz CT molecular complexity index is 593. The molecular weight excluding hydrogens is 268 g/mol. The summed E-state index contributed by atoms with van der Waals surface area (Å²) in [5.41, 5.74) is 0.0886. The monoisotopic (exact) mass is 290 g/mol. The van der Waals surface area contributed by atoms with Crippen LogP contribution >= 0.6 is 0 Å². The van der Waals surface area contributed by atoms with E-state index in [4.69, 9.17) is 0 Å². The van der Waals surface area contributed by atoms with Gasteiger partial charge in [-0.2, -0.15) is 0 Å². The SMILES string of the molecule is CC(C)CN1C(=O)C(C)(C)C(=O)N(C)c2cc(O)ccc21. The lowest BCUT2D eigenvalue weighted by Gasteiger charge is -2.29. The van der Waals surface area contributed by atoms with Crippen molar-refractivity contribution in [1.29, 1.82) is 0 Å². The number of carbonyl (C=O) groups excluding carboxylic acids is 2. The van der Waals surface area contributed by atoms with Crippen molar-refractivity contribution in [3.05, 3.63) is 18.2 Å². The molecule has 1 heterocycles. The van der Waals surface area contributed by atoms with E-state index in [1.807, 2.05) is 13.8 Å². The summed E-state index contributed by atoms with van der Waals surface area (Å²) in [6.07, 6.45) is 0. The van der Waals surface area contributed by atoms with Crippen LogP contribution in [0.15, 0.2) is 18.2 Å². The van der Waals surface area contributed by atoms with E-state index in [0.717, 1.165) is 0 Å². The maximum absolute atomic E-state index is 12.8. The van der Waals surface area contributed by atoms with Gasteiger partial charge in [0.05, 0.1) is 11.4 Å². The van der Waals surface area contributed by atoms with Crippen LogP contribution in [0.4, 0.5) is 11.4 Å². The van der Waals surface area contributed by atoms with Crippen LogP contribution < -0.4 is 9.80 Å². The molecule has 1 aliphatic rings. The Morgan fingerprint density at radius 1 is 1.14 bits per heavy atom. The van der Waals surface area contributed by atoms with E-state index in [0.29, 0.717) is 17.9 Å². The van der Waals surface area contributed by atoms with Gasteiger partial charge in [0.2, 0.25) is 11.8 Å². The van der Waals surface area contributed by atoms with Crippen LogP contribution in [0.2, 0.25) is 0 Å². The maximum atomic E-state index is 12.8. The van der Waals surface area contributed by atoms with E-state index in [9.17, 15) is 14.7 Å². The predicted molar refractivity (Wildman–Crippen MR) is 82.5 cm³/mol. The van der Waals surface area contributed by atoms with Crippen LogP contribution in [0.3, 0.4) is 0 Å². The van der Waals surface area contributed by atoms with Crippen molar-refractivity contribution in [2.24, 2.45) is 11.3 Å². The van der Waals surface area contributed by atoms with Crippen LogP contribution in [0.25, 0.3) is 0 Å². The summed E-state index contributed by atoms with van der Waals surface area (Å²) in [7, 11) is 1.63. The Morgan fingerprint density at radius 3 is 2.33 bits per heavy atom. The summed E-state index contributed by atoms with van der Waals surface area (Å²) in [6, 6.07) is 4.75. The van der Waals surface area contributed by atoms with E-state index in [2.05, 4.69) is 0 Å². The van der Waals surface area contributed by atoms with Crippen molar-refractivity contribution in [2.75, 3.05) is 23.4 Å². The van der Waals surface area contributed by atoms with E-state index in [1.54, 1.807) is 31.9 Å². The number of phenolic OH excluding ortho intramolecular Hbond substituents is 1. The highest BCUT2D eigenvalue weighted by Gasteiger charge is 2.45. The molecule has 114 valence electrons. The number of hydrogen-bond donors (Lipinski definition) is 1. The number of benzene rings is 1. The molecule has 1 N–H and O–H groups in total. The average molecular weight is 290 g/mol. The third-order valence-corrected chi connectivity index (χ3v) is 3.78. The van der Waals surface area contributed by atoms with Crippen molar-refractivity contribution < 1.29 is 14.7 Å². The summed E-state index contributed by atoms with van der Waals surface area (Å²) in [6.45, 7) is 7.87. The zero-order valence-corrected chi connectivity index (χ0v) is 13.2. The van der Waals surface area contributed by atoms with Crippen LogP contribution in [0, 0.1) is 11.3 Å². The standard InChI is InChI=1S/C16H22N2O3/c1-10(2)9-18-12-7-6-11(19)8-13(12)17(5)14(20)16(3,4)15(18)21/h6-8,10,19H,9H2,1-5H3. The summed E-state index contributed by atoms with van der Waals surface area (Å²) >= 11 is 0. The zero-order valence-electron chi connectivity index (χ0n) is 13.2. The Morgan fingerprint density at radius 2 is 1.76 bits per heavy atom. The number of fused-ring (bicyclic) bond motifs is 1. The molecule has 0 bridgehead atoms. The molecule has 21 heavy (non-hydrogen) atoms. The van der Waals surface area contributed by atoms with Gasteiger partial charge in [0.15, 0.2) is 0 Å². The lowest BCUT2D eigenvalue weighted by Crippen LogP contribution is -2.48. The Balaban J connectivity index is 2.67.